The van der Waals surface area contributed by atoms with Gasteiger partial charge in [-0.2, -0.15) is 0 Å². The van der Waals surface area contributed by atoms with Crippen LogP contribution in [0, 0.1) is 5.92 Å². The summed E-state index contributed by atoms with van der Waals surface area (Å²) in [6, 6.07) is 9.70. The largest absolute Gasteiger partial charge is 0.466 e. The van der Waals surface area contributed by atoms with E-state index in [1.165, 1.54) is 0 Å². The van der Waals surface area contributed by atoms with Crippen LogP contribution in [-0.2, 0) is 9.53 Å². The van der Waals surface area contributed by atoms with Crippen molar-refractivity contribution in [2.45, 2.75) is 39.5 Å². The Labute approximate surface area is 154 Å². The van der Waals surface area contributed by atoms with Crippen molar-refractivity contribution in [3.63, 3.8) is 0 Å². The number of likely N-dealkylation sites (tertiary alicyclic amines) is 1. The SMILES string of the molecule is CCOC(=O)C1CCN(C(=O)c2cc(C(C)C)nc3ccccc23)CC1. The molecule has 138 valence electrons. The number of carbonyl (C=O) groups excluding carboxylic acids is 2. The molecule has 1 aromatic heterocycles. The Kier molecular flexibility index (Phi) is 5.55. The standard InChI is InChI=1S/C21H26N2O3/c1-4-26-21(25)15-9-11-23(12-10-15)20(24)17-13-19(14(2)3)22-18-8-6-5-7-16(17)18/h5-8,13-15H,4,9-12H2,1-3H3. The Hall–Kier alpha value is -2.43. The van der Waals surface area contributed by atoms with E-state index >= 15 is 0 Å². The van der Waals surface area contributed by atoms with Gasteiger partial charge >= 0.3 is 5.97 Å². The lowest BCUT2D eigenvalue weighted by Gasteiger charge is -2.31. The first kappa shape index (κ1) is 18.4. The monoisotopic (exact) mass is 354 g/mol. The Morgan fingerprint density at radius 1 is 1.23 bits per heavy atom. The van der Waals surface area contributed by atoms with Gasteiger partial charge in [0.25, 0.3) is 5.91 Å². The zero-order valence-electron chi connectivity index (χ0n) is 15.7. The van der Waals surface area contributed by atoms with Gasteiger partial charge in [-0.3, -0.25) is 14.6 Å². The third-order valence-electron chi connectivity index (χ3n) is 4.96. The number of piperidine rings is 1. The predicted octanol–water partition coefficient (Wildman–Crippen LogP) is 3.77. The maximum atomic E-state index is 13.2. The minimum absolute atomic E-state index is 0.0211. The lowest BCUT2D eigenvalue weighted by molar-refractivity contribution is -0.149. The third kappa shape index (κ3) is 3.71. The minimum atomic E-state index is -0.143. The quantitative estimate of drug-likeness (QED) is 0.784. The van der Waals surface area contributed by atoms with Crippen LogP contribution in [0.5, 0.6) is 0 Å². The number of fused-ring (bicyclic) bond motifs is 1. The fraction of sp³-hybridized carbons (Fsp3) is 0.476. The van der Waals surface area contributed by atoms with Crippen LogP contribution in [0.15, 0.2) is 30.3 Å². The first-order chi connectivity index (χ1) is 12.5. The van der Waals surface area contributed by atoms with E-state index in [4.69, 9.17) is 4.74 Å². The van der Waals surface area contributed by atoms with Crippen molar-refractivity contribution in [3.05, 3.63) is 41.6 Å². The molecule has 5 heteroatoms. The number of amides is 1. The molecule has 1 amide bonds. The van der Waals surface area contributed by atoms with E-state index in [1.807, 2.05) is 42.2 Å². The van der Waals surface area contributed by atoms with Gasteiger partial charge in [-0.05, 0) is 37.8 Å². The Morgan fingerprint density at radius 3 is 2.58 bits per heavy atom. The molecule has 0 atom stereocenters. The molecule has 1 saturated heterocycles. The maximum Gasteiger partial charge on any atom is 0.309 e. The van der Waals surface area contributed by atoms with Crippen molar-refractivity contribution in [3.8, 4) is 0 Å². The average Bonchev–Trinajstić information content (AvgIpc) is 2.66. The summed E-state index contributed by atoms with van der Waals surface area (Å²) in [6.45, 7) is 7.54. The zero-order valence-corrected chi connectivity index (χ0v) is 15.7. The van der Waals surface area contributed by atoms with Gasteiger partial charge in [-0.25, -0.2) is 0 Å². The van der Waals surface area contributed by atoms with Crippen LogP contribution in [0.4, 0.5) is 0 Å². The number of benzene rings is 1. The molecule has 0 spiro atoms. The highest BCUT2D eigenvalue weighted by molar-refractivity contribution is 6.06. The molecule has 2 aromatic rings. The van der Waals surface area contributed by atoms with E-state index in [1.54, 1.807) is 0 Å². The van der Waals surface area contributed by atoms with Crippen molar-refractivity contribution >= 4 is 22.8 Å². The van der Waals surface area contributed by atoms with Crippen LogP contribution in [0.3, 0.4) is 0 Å². The van der Waals surface area contributed by atoms with Gasteiger partial charge in [0.15, 0.2) is 0 Å². The minimum Gasteiger partial charge on any atom is -0.466 e. The third-order valence-corrected chi connectivity index (χ3v) is 4.96. The molecule has 3 rings (SSSR count). The second-order valence-corrected chi connectivity index (χ2v) is 7.09. The second-order valence-electron chi connectivity index (χ2n) is 7.09. The van der Waals surface area contributed by atoms with Crippen LogP contribution in [0.25, 0.3) is 10.9 Å². The molecule has 0 saturated carbocycles. The van der Waals surface area contributed by atoms with Crippen molar-refractivity contribution in [2.24, 2.45) is 5.92 Å². The molecule has 0 unspecified atom stereocenters. The van der Waals surface area contributed by atoms with E-state index in [0.29, 0.717) is 38.1 Å². The molecule has 1 aliphatic rings. The lowest BCUT2D eigenvalue weighted by atomic mass is 9.95. The van der Waals surface area contributed by atoms with Crippen molar-refractivity contribution in [1.29, 1.82) is 0 Å². The number of hydrogen-bond donors (Lipinski definition) is 0. The number of carbonyl (C=O) groups is 2. The van der Waals surface area contributed by atoms with Crippen LogP contribution in [0.2, 0.25) is 0 Å². The Morgan fingerprint density at radius 2 is 1.92 bits per heavy atom. The number of rotatable bonds is 4. The van der Waals surface area contributed by atoms with Gasteiger partial charge in [-0.15, -0.1) is 0 Å². The summed E-state index contributed by atoms with van der Waals surface area (Å²) in [5.41, 5.74) is 2.48. The highest BCUT2D eigenvalue weighted by Gasteiger charge is 2.29. The lowest BCUT2D eigenvalue weighted by Crippen LogP contribution is -2.40. The van der Waals surface area contributed by atoms with Gasteiger partial charge < -0.3 is 9.64 Å². The molecule has 1 aromatic carbocycles. The molecular formula is C21H26N2O3. The Balaban J connectivity index is 1.83. The Bertz CT molecular complexity index is 808. The maximum absolute atomic E-state index is 13.2. The predicted molar refractivity (Wildman–Crippen MR) is 101 cm³/mol. The van der Waals surface area contributed by atoms with Gasteiger partial charge in [0.2, 0.25) is 0 Å². The fourth-order valence-electron chi connectivity index (χ4n) is 3.42. The zero-order chi connectivity index (χ0) is 18.7. The summed E-state index contributed by atoms with van der Waals surface area (Å²) < 4.78 is 5.11. The molecule has 0 radical (unpaired) electrons. The summed E-state index contributed by atoms with van der Waals surface area (Å²) in [5.74, 6) is 0.0315. The van der Waals surface area contributed by atoms with E-state index in [9.17, 15) is 9.59 Å². The van der Waals surface area contributed by atoms with E-state index in [-0.39, 0.29) is 23.7 Å². The first-order valence-corrected chi connectivity index (χ1v) is 9.36. The van der Waals surface area contributed by atoms with Crippen LogP contribution < -0.4 is 0 Å². The summed E-state index contributed by atoms with van der Waals surface area (Å²) in [4.78, 5) is 31.6. The number of ether oxygens (including phenoxy) is 1. The summed E-state index contributed by atoms with van der Waals surface area (Å²) in [5, 5.41) is 0.884. The normalized spacial score (nSPS) is 15.5. The van der Waals surface area contributed by atoms with Crippen LogP contribution in [0.1, 0.15) is 55.6 Å². The van der Waals surface area contributed by atoms with Gasteiger partial charge in [0.1, 0.15) is 0 Å². The molecule has 0 aliphatic carbocycles. The number of pyridine rings is 1. The molecule has 5 nitrogen and oxygen atoms in total. The summed E-state index contributed by atoms with van der Waals surface area (Å²) in [7, 11) is 0. The fourth-order valence-corrected chi connectivity index (χ4v) is 3.42. The van der Waals surface area contributed by atoms with Crippen molar-refractivity contribution in [1.82, 2.24) is 9.88 Å². The molecule has 0 N–H and O–H groups in total. The van der Waals surface area contributed by atoms with E-state index < -0.39 is 0 Å². The van der Waals surface area contributed by atoms with E-state index in [0.717, 1.165) is 16.6 Å². The number of nitrogens with zero attached hydrogens (tertiary/aromatic N) is 2. The molecule has 2 heterocycles. The molecule has 1 fully saturated rings. The van der Waals surface area contributed by atoms with Gasteiger partial charge in [0, 0.05) is 24.2 Å². The number of esters is 1. The summed E-state index contributed by atoms with van der Waals surface area (Å²) >= 11 is 0. The molecular weight excluding hydrogens is 328 g/mol. The molecule has 26 heavy (non-hydrogen) atoms. The van der Waals surface area contributed by atoms with Crippen molar-refractivity contribution in [2.75, 3.05) is 19.7 Å². The summed E-state index contributed by atoms with van der Waals surface area (Å²) in [6.07, 6.45) is 1.31. The second kappa shape index (κ2) is 7.85. The number of para-hydroxylation sites is 1. The number of aromatic nitrogens is 1. The average molecular weight is 354 g/mol. The smallest absolute Gasteiger partial charge is 0.309 e. The van der Waals surface area contributed by atoms with Gasteiger partial charge in [-0.1, -0.05) is 32.0 Å². The van der Waals surface area contributed by atoms with Gasteiger partial charge in [0.05, 0.1) is 23.6 Å². The van der Waals surface area contributed by atoms with Crippen molar-refractivity contribution < 1.29 is 14.3 Å². The molecule has 1 aliphatic heterocycles. The topological polar surface area (TPSA) is 59.5 Å². The number of hydrogen-bond acceptors (Lipinski definition) is 4. The molecule has 0 bridgehead atoms. The highest BCUT2D eigenvalue weighted by atomic mass is 16.5. The van der Waals surface area contributed by atoms with Crippen LogP contribution >= 0.6 is 0 Å². The highest BCUT2D eigenvalue weighted by Crippen LogP contribution is 2.26. The van der Waals surface area contributed by atoms with E-state index in [2.05, 4.69) is 18.8 Å². The van der Waals surface area contributed by atoms with Crippen LogP contribution in [-0.4, -0.2) is 41.5 Å². The first-order valence-electron chi connectivity index (χ1n) is 9.36.